The molecule has 1 atom stereocenters. The highest BCUT2D eigenvalue weighted by Crippen LogP contribution is 2.55. The van der Waals surface area contributed by atoms with Crippen molar-refractivity contribution in [2.75, 3.05) is 19.6 Å². The molecule has 1 aliphatic carbocycles. The van der Waals surface area contributed by atoms with Gasteiger partial charge in [-0.3, -0.25) is 4.90 Å². The van der Waals surface area contributed by atoms with Gasteiger partial charge < -0.3 is 10.0 Å². The third-order valence-corrected chi connectivity index (χ3v) is 4.57. The van der Waals surface area contributed by atoms with Crippen LogP contribution >= 0.6 is 0 Å². The first kappa shape index (κ1) is 15.1. The summed E-state index contributed by atoms with van der Waals surface area (Å²) in [6, 6.07) is 2.27. The summed E-state index contributed by atoms with van der Waals surface area (Å²) in [6.45, 7) is 8.61. The Labute approximate surface area is 121 Å². The summed E-state index contributed by atoms with van der Waals surface area (Å²) in [4.78, 5) is 15.7. The van der Waals surface area contributed by atoms with Gasteiger partial charge in [0.05, 0.1) is 12.1 Å². The zero-order valence-electron chi connectivity index (χ0n) is 12.7. The Hall–Kier alpha value is -1.28. The van der Waals surface area contributed by atoms with E-state index in [1.165, 1.54) is 0 Å². The fraction of sp³-hybridized carbons (Fsp3) is 0.867. The lowest BCUT2D eigenvalue weighted by Gasteiger charge is -2.40. The Balaban J connectivity index is 2.07. The molecule has 1 amide bonds. The molecule has 1 saturated carbocycles. The highest BCUT2D eigenvalue weighted by atomic mass is 16.4. The average Bonchev–Trinajstić information content (AvgIpc) is 2.98. The van der Waals surface area contributed by atoms with E-state index in [-0.39, 0.29) is 17.0 Å². The minimum absolute atomic E-state index is 0.0992. The van der Waals surface area contributed by atoms with E-state index in [9.17, 15) is 9.90 Å². The molecule has 2 aliphatic rings. The number of rotatable bonds is 4. The van der Waals surface area contributed by atoms with Gasteiger partial charge >= 0.3 is 6.09 Å². The lowest BCUT2D eigenvalue weighted by Crippen LogP contribution is -2.54. The Kier molecular flexibility index (Phi) is 3.97. The van der Waals surface area contributed by atoms with E-state index in [2.05, 4.69) is 11.0 Å². The van der Waals surface area contributed by atoms with Gasteiger partial charge in [0.15, 0.2) is 0 Å². The third-order valence-electron chi connectivity index (χ3n) is 4.57. The third kappa shape index (κ3) is 2.90. The molecule has 0 unspecified atom stereocenters. The number of hydrogen-bond donors (Lipinski definition) is 1. The van der Waals surface area contributed by atoms with Crippen molar-refractivity contribution in [1.82, 2.24) is 9.80 Å². The van der Waals surface area contributed by atoms with Crippen molar-refractivity contribution < 1.29 is 9.90 Å². The second kappa shape index (κ2) is 5.25. The molecule has 0 aromatic rings. The van der Waals surface area contributed by atoms with E-state index in [1.54, 1.807) is 4.90 Å². The second-order valence-corrected chi connectivity index (χ2v) is 7.20. The standard InChI is InChI=1S/C15H25N3O2/c1-14(2,3)18(13(19)20)12-10-17(9-5-4-8-16)11-15(12)6-7-15/h12H,4-7,9-11H2,1-3H3,(H,19,20)/t12-/m1/s1. The van der Waals surface area contributed by atoms with Gasteiger partial charge in [-0.05, 0) is 46.6 Å². The van der Waals surface area contributed by atoms with E-state index >= 15 is 0 Å². The summed E-state index contributed by atoms with van der Waals surface area (Å²) in [5.74, 6) is 0. The van der Waals surface area contributed by atoms with Crippen molar-refractivity contribution in [2.45, 2.75) is 58.0 Å². The monoisotopic (exact) mass is 279 g/mol. The van der Waals surface area contributed by atoms with Gasteiger partial charge in [0.25, 0.3) is 0 Å². The maximum absolute atomic E-state index is 11.7. The second-order valence-electron chi connectivity index (χ2n) is 7.20. The number of carbonyl (C=O) groups is 1. The fourth-order valence-electron chi connectivity index (χ4n) is 3.50. The van der Waals surface area contributed by atoms with Crippen LogP contribution in [0.15, 0.2) is 0 Å². The average molecular weight is 279 g/mol. The van der Waals surface area contributed by atoms with Crippen LogP contribution in [0.1, 0.15) is 46.5 Å². The van der Waals surface area contributed by atoms with Crippen molar-refractivity contribution in [3.8, 4) is 6.07 Å². The van der Waals surface area contributed by atoms with Crippen molar-refractivity contribution in [2.24, 2.45) is 5.41 Å². The zero-order valence-corrected chi connectivity index (χ0v) is 12.7. The molecular weight excluding hydrogens is 254 g/mol. The van der Waals surface area contributed by atoms with Gasteiger partial charge in [0, 0.05) is 30.5 Å². The van der Waals surface area contributed by atoms with Crippen LogP contribution in [0.3, 0.4) is 0 Å². The molecule has 112 valence electrons. The highest BCUT2D eigenvalue weighted by molar-refractivity contribution is 5.67. The van der Waals surface area contributed by atoms with Gasteiger partial charge in [-0.15, -0.1) is 0 Å². The number of nitrogens with zero attached hydrogens (tertiary/aromatic N) is 3. The summed E-state index contributed by atoms with van der Waals surface area (Å²) in [5, 5.41) is 18.2. The molecule has 20 heavy (non-hydrogen) atoms. The van der Waals surface area contributed by atoms with Crippen molar-refractivity contribution in [1.29, 1.82) is 5.26 Å². The lowest BCUT2D eigenvalue weighted by atomic mass is 9.94. The van der Waals surface area contributed by atoms with Gasteiger partial charge in [-0.25, -0.2) is 4.79 Å². The maximum atomic E-state index is 11.7. The van der Waals surface area contributed by atoms with Crippen molar-refractivity contribution in [3.63, 3.8) is 0 Å². The van der Waals surface area contributed by atoms with Crippen LogP contribution in [-0.4, -0.2) is 52.2 Å². The Morgan fingerprint density at radius 1 is 1.50 bits per heavy atom. The van der Waals surface area contributed by atoms with E-state index in [0.717, 1.165) is 38.9 Å². The molecule has 0 radical (unpaired) electrons. The predicted octanol–water partition coefficient (Wildman–Crippen LogP) is 2.53. The van der Waals surface area contributed by atoms with E-state index < -0.39 is 6.09 Å². The molecule has 1 N–H and O–H groups in total. The number of likely N-dealkylation sites (tertiary alicyclic amines) is 1. The summed E-state index contributed by atoms with van der Waals surface area (Å²) in [7, 11) is 0. The molecule has 1 saturated heterocycles. The van der Waals surface area contributed by atoms with Crippen LogP contribution in [0.4, 0.5) is 4.79 Å². The van der Waals surface area contributed by atoms with Crippen LogP contribution in [-0.2, 0) is 0 Å². The minimum atomic E-state index is -0.812. The molecule has 5 nitrogen and oxygen atoms in total. The van der Waals surface area contributed by atoms with Gasteiger partial charge in [-0.2, -0.15) is 5.26 Å². The molecule has 2 rings (SSSR count). The number of unbranched alkanes of at least 4 members (excludes halogenated alkanes) is 1. The van der Waals surface area contributed by atoms with Crippen molar-refractivity contribution >= 4 is 6.09 Å². The Morgan fingerprint density at radius 2 is 2.15 bits per heavy atom. The zero-order chi connectivity index (χ0) is 15.0. The highest BCUT2D eigenvalue weighted by Gasteiger charge is 2.59. The van der Waals surface area contributed by atoms with Crippen LogP contribution in [0.25, 0.3) is 0 Å². The van der Waals surface area contributed by atoms with Crippen LogP contribution in [0.5, 0.6) is 0 Å². The first-order valence-corrected chi connectivity index (χ1v) is 7.42. The topological polar surface area (TPSA) is 67.6 Å². The first-order chi connectivity index (χ1) is 9.30. The molecule has 1 heterocycles. The Bertz CT molecular complexity index is 418. The van der Waals surface area contributed by atoms with Crippen LogP contribution in [0.2, 0.25) is 0 Å². The van der Waals surface area contributed by atoms with Gasteiger partial charge in [0.2, 0.25) is 0 Å². The summed E-state index contributed by atoms with van der Waals surface area (Å²) < 4.78 is 0. The van der Waals surface area contributed by atoms with Gasteiger partial charge in [-0.1, -0.05) is 0 Å². The maximum Gasteiger partial charge on any atom is 0.408 e. The van der Waals surface area contributed by atoms with E-state index in [1.807, 2.05) is 20.8 Å². The van der Waals surface area contributed by atoms with Gasteiger partial charge in [0.1, 0.15) is 0 Å². The molecule has 1 spiro atoms. The number of nitriles is 1. The largest absolute Gasteiger partial charge is 0.465 e. The Morgan fingerprint density at radius 3 is 2.60 bits per heavy atom. The fourth-order valence-corrected chi connectivity index (χ4v) is 3.50. The normalized spacial score (nSPS) is 24.6. The molecule has 1 aliphatic heterocycles. The molecular formula is C15H25N3O2. The quantitative estimate of drug-likeness (QED) is 0.803. The molecule has 0 bridgehead atoms. The van der Waals surface area contributed by atoms with Crippen molar-refractivity contribution in [3.05, 3.63) is 0 Å². The van der Waals surface area contributed by atoms with E-state index in [4.69, 9.17) is 5.26 Å². The van der Waals surface area contributed by atoms with Crippen LogP contribution in [0, 0.1) is 16.7 Å². The lowest BCUT2D eigenvalue weighted by molar-refractivity contribution is 0.0561. The summed E-state index contributed by atoms with van der Waals surface area (Å²) >= 11 is 0. The summed E-state index contributed by atoms with van der Waals surface area (Å²) in [5.41, 5.74) is -0.187. The van der Waals surface area contributed by atoms with Crippen LogP contribution < -0.4 is 0 Å². The smallest absolute Gasteiger partial charge is 0.408 e. The molecule has 5 heteroatoms. The number of carboxylic acid groups (broad SMARTS) is 1. The molecule has 0 aromatic carbocycles. The summed E-state index contributed by atoms with van der Waals surface area (Å²) in [6.07, 6.45) is 2.91. The van der Waals surface area contributed by atoms with E-state index in [0.29, 0.717) is 6.42 Å². The molecule has 0 aromatic heterocycles. The number of hydrogen-bond acceptors (Lipinski definition) is 3. The predicted molar refractivity (Wildman–Crippen MR) is 76.4 cm³/mol. The molecule has 2 fully saturated rings. The minimum Gasteiger partial charge on any atom is -0.465 e. The first-order valence-electron chi connectivity index (χ1n) is 7.42. The SMILES string of the molecule is CC(C)(C)N(C(=O)O)[C@@H]1CN(CCCC#N)CC12CC2. The number of amides is 1.